The molecule has 0 aliphatic rings. The zero-order valence-electron chi connectivity index (χ0n) is 13.6. The van der Waals surface area contributed by atoms with Crippen LogP contribution in [0.4, 0.5) is 5.69 Å². The first-order valence-corrected chi connectivity index (χ1v) is 7.35. The predicted molar refractivity (Wildman–Crippen MR) is 107 cm³/mol. The second-order valence-corrected chi connectivity index (χ2v) is 5.26. The molecular weight excluding hydrogens is 401 g/mol. The van der Waals surface area contributed by atoms with E-state index in [0.29, 0.717) is 12.5 Å². The third-order valence-corrected chi connectivity index (χ3v) is 3.27. The number of aromatic nitrogens is 1. The summed E-state index contributed by atoms with van der Waals surface area (Å²) in [4.78, 5) is 10.7. The van der Waals surface area contributed by atoms with E-state index in [1.165, 1.54) is 0 Å². The highest BCUT2D eigenvalue weighted by molar-refractivity contribution is 14.0. The molecule has 1 aromatic heterocycles. The smallest absolute Gasteiger partial charge is 0.188 e. The van der Waals surface area contributed by atoms with Crippen LogP contribution in [-0.2, 0) is 13.0 Å². The molecule has 3 N–H and O–H groups in total. The fourth-order valence-electron chi connectivity index (χ4n) is 2.03. The third kappa shape index (κ3) is 6.85. The lowest BCUT2D eigenvalue weighted by molar-refractivity contribution is 0.827. The van der Waals surface area contributed by atoms with Gasteiger partial charge in [0.05, 0.1) is 6.54 Å². The number of nitrogens with two attached hydrogens (primary N) is 1. The second kappa shape index (κ2) is 10.0. The second-order valence-electron chi connectivity index (χ2n) is 5.26. The topological polar surface area (TPSA) is 66.5 Å². The number of guanidine groups is 1. The number of anilines is 1. The van der Waals surface area contributed by atoms with E-state index in [0.717, 1.165) is 29.9 Å². The predicted octanol–water partition coefficient (Wildman–Crippen LogP) is 2.41. The van der Waals surface area contributed by atoms with Crippen LogP contribution < -0.4 is 16.0 Å². The van der Waals surface area contributed by atoms with Crippen molar-refractivity contribution in [3.63, 3.8) is 0 Å². The summed E-state index contributed by atoms with van der Waals surface area (Å²) in [5.41, 5.74) is 9.24. The van der Waals surface area contributed by atoms with Crippen molar-refractivity contribution in [3.05, 3.63) is 59.9 Å². The van der Waals surface area contributed by atoms with Gasteiger partial charge >= 0.3 is 0 Å². The number of nitrogens with zero attached hydrogens (tertiary/aromatic N) is 3. The summed E-state index contributed by atoms with van der Waals surface area (Å²) in [6, 6.07) is 14.2. The Bertz CT molecular complexity index is 613. The van der Waals surface area contributed by atoms with E-state index in [1.807, 2.05) is 38.4 Å². The van der Waals surface area contributed by atoms with Crippen LogP contribution in [0.25, 0.3) is 0 Å². The van der Waals surface area contributed by atoms with Crippen LogP contribution in [0.3, 0.4) is 0 Å². The Labute approximate surface area is 155 Å². The molecule has 0 aliphatic carbocycles. The Balaban J connectivity index is 0.00000264. The van der Waals surface area contributed by atoms with E-state index >= 15 is 0 Å². The minimum Gasteiger partial charge on any atom is -0.378 e. The van der Waals surface area contributed by atoms with Crippen molar-refractivity contribution < 1.29 is 0 Å². The van der Waals surface area contributed by atoms with Crippen molar-refractivity contribution in [2.75, 3.05) is 25.5 Å². The van der Waals surface area contributed by atoms with Gasteiger partial charge in [-0.2, -0.15) is 0 Å². The van der Waals surface area contributed by atoms with Gasteiger partial charge in [-0.25, -0.2) is 4.99 Å². The van der Waals surface area contributed by atoms with E-state index in [4.69, 9.17) is 5.73 Å². The molecule has 23 heavy (non-hydrogen) atoms. The number of benzene rings is 1. The van der Waals surface area contributed by atoms with E-state index in [2.05, 4.69) is 38.4 Å². The highest BCUT2D eigenvalue weighted by atomic mass is 127. The van der Waals surface area contributed by atoms with Crippen molar-refractivity contribution >= 4 is 35.6 Å². The summed E-state index contributed by atoms with van der Waals surface area (Å²) in [5, 5.41) is 3.12. The van der Waals surface area contributed by atoms with Gasteiger partial charge in [-0.3, -0.25) is 4.98 Å². The first-order chi connectivity index (χ1) is 10.6. The zero-order valence-corrected chi connectivity index (χ0v) is 15.9. The fourth-order valence-corrected chi connectivity index (χ4v) is 2.03. The quantitative estimate of drug-likeness (QED) is 0.424. The monoisotopic (exact) mass is 425 g/mol. The number of rotatable bonds is 6. The molecule has 0 aliphatic heterocycles. The number of aliphatic imine (C=N–C) groups is 1. The van der Waals surface area contributed by atoms with Crippen molar-refractivity contribution in [2.24, 2.45) is 10.7 Å². The SMILES string of the molecule is CN(C)c1cccc(CN=C(N)NCCc2ccccn2)c1.I. The number of pyridine rings is 1. The molecule has 0 bridgehead atoms. The van der Waals surface area contributed by atoms with Gasteiger partial charge in [0.1, 0.15) is 0 Å². The normalized spacial score (nSPS) is 10.8. The molecule has 0 amide bonds. The minimum absolute atomic E-state index is 0. The Hall–Kier alpha value is -1.83. The minimum atomic E-state index is 0. The summed E-state index contributed by atoms with van der Waals surface area (Å²) >= 11 is 0. The highest BCUT2D eigenvalue weighted by Crippen LogP contribution is 2.13. The Morgan fingerprint density at radius 1 is 1.22 bits per heavy atom. The van der Waals surface area contributed by atoms with E-state index in [9.17, 15) is 0 Å². The Morgan fingerprint density at radius 3 is 2.74 bits per heavy atom. The van der Waals surface area contributed by atoms with Gasteiger partial charge < -0.3 is 16.0 Å². The van der Waals surface area contributed by atoms with Gasteiger partial charge in [0, 0.05) is 44.6 Å². The van der Waals surface area contributed by atoms with Crippen LogP contribution in [0.2, 0.25) is 0 Å². The average molecular weight is 425 g/mol. The van der Waals surface area contributed by atoms with Crippen molar-refractivity contribution in [1.29, 1.82) is 0 Å². The van der Waals surface area contributed by atoms with Crippen LogP contribution in [0, 0.1) is 0 Å². The average Bonchev–Trinajstić information content (AvgIpc) is 2.54. The van der Waals surface area contributed by atoms with E-state index in [1.54, 1.807) is 6.20 Å². The maximum absolute atomic E-state index is 5.89. The van der Waals surface area contributed by atoms with Crippen molar-refractivity contribution in [2.45, 2.75) is 13.0 Å². The Morgan fingerprint density at radius 2 is 2.04 bits per heavy atom. The number of halogens is 1. The molecule has 2 aromatic rings. The molecular formula is C17H24IN5. The molecule has 0 unspecified atom stereocenters. The fraction of sp³-hybridized carbons (Fsp3) is 0.294. The lowest BCUT2D eigenvalue weighted by atomic mass is 10.2. The first kappa shape index (κ1) is 19.2. The molecule has 5 nitrogen and oxygen atoms in total. The molecule has 0 atom stereocenters. The summed E-state index contributed by atoms with van der Waals surface area (Å²) in [5.74, 6) is 0.464. The molecule has 0 saturated carbocycles. The van der Waals surface area contributed by atoms with Crippen LogP contribution in [0.15, 0.2) is 53.7 Å². The standard InChI is InChI=1S/C17H23N5.HI/c1-22(2)16-8-5-6-14(12-16)13-21-17(18)20-11-9-15-7-3-4-10-19-15;/h3-8,10,12H,9,11,13H2,1-2H3,(H3,18,20,21);1H. The van der Waals surface area contributed by atoms with Crippen molar-refractivity contribution in [3.8, 4) is 0 Å². The lowest BCUT2D eigenvalue weighted by Crippen LogP contribution is -2.33. The van der Waals surface area contributed by atoms with Crippen LogP contribution in [-0.4, -0.2) is 31.6 Å². The number of nitrogens with one attached hydrogen (secondary N) is 1. The van der Waals surface area contributed by atoms with Crippen LogP contribution in [0.5, 0.6) is 0 Å². The Kier molecular flexibility index (Phi) is 8.39. The van der Waals surface area contributed by atoms with Gasteiger partial charge in [-0.1, -0.05) is 18.2 Å². The van der Waals surface area contributed by atoms with Gasteiger partial charge in [-0.15, -0.1) is 24.0 Å². The zero-order chi connectivity index (χ0) is 15.8. The van der Waals surface area contributed by atoms with Gasteiger partial charge in [-0.05, 0) is 29.8 Å². The molecule has 124 valence electrons. The molecule has 6 heteroatoms. The molecule has 0 radical (unpaired) electrons. The summed E-state index contributed by atoms with van der Waals surface area (Å²) in [6.45, 7) is 1.30. The molecule has 0 spiro atoms. The first-order valence-electron chi connectivity index (χ1n) is 7.35. The molecule has 0 fully saturated rings. The third-order valence-electron chi connectivity index (χ3n) is 3.27. The maximum atomic E-state index is 5.89. The number of hydrogen-bond acceptors (Lipinski definition) is 3. The highest BCUT2D eigenvalue weighted by Gasteiger charge is 1.98. The van der Waals surface area contributed by atoms with Gasteiger partial charge in [0.2, 0.25) is 0 Å². The van der Waals surface area contributed by atoms with Gasteiger partial charge in [0.15, 0.2) is 5.96 Å². The van der Waals surface area contributed by atoms with Crippen molar-refractivity contribution in [1.82, 2.24) is 10.3 Å². The summed E-state index contributed by atoms with van der Waals surface area (Å²) in [7, 11) is 4.05. The number of hydrogen-bond donors (Lipinski definition) is 2. The molecule has 2 rings (SSSR count). The summed E-state index contributed by atoms with van der Waals surface area (Å²) in [6.07, 6.45) is 2.62. The van der Waals surface area contributed by atoms with Gasteiger partial charge in [0.25, 0.3) is 0 Å². The lowest BCUT2D eigenvalue weighted by Gasteiger charge is -2.13. The summed E-state index contributed by atoms with van der Waals surface area (Å²) < 4.78 is 0. The molecule has 1 heterocycles. The van der Waals surface area contributed by atoms with E-state index < -0.39 is 0 Å². The van der Waals surface area contributed by atoms with Crippen LogP contribution >= 0.6 is 24.0 Å². The molecule has 0 saturated heterocycles. The largest absolute Gasteiger partial charge is 0.378 e. The maximum Gasteiger partial charge on any atom is 0.188 e. The molecule has 1 aromatic carbocycles. The van der Waals surface area contributed by atoms with Crippen LogP contribution in [0.1, 0.15) is 11.3 Å². The van der Waals surface area contributed by atoms with E-state index in [-0.39, 0.29) is 24.0 Å².